The fourth-order valence-electron chi connectivity index (χ4n) is 4.16. The third-order valence-electron chi connectivity index (χ3n) is 6.10. The maximum atomic E-state index is 13.2. The van der Waals surface area contributed by atoms with Crippen molar-refractivity contribution in [2.45, 2.75) is 18.2 Å². The molecule has 0 radical (unpaired) electrons. The Morgan fingerprint density at radius 2 is 1.31 bits per heavy atom. The standard InChI is InChI=1S/C27H29N3O4S/c31-26(29-16-18-30(19-17-29)35(33,34)21-22-10-4-1-5-11-22)20-25(23-12-6-2-7-13-23)28-27(32)24-14-8-3-9-15-24/h1-15,25H,16-21H2,(H,28,32). The Labute approximate surface area is 206 Å². The molecule has 1 fully saturated rings. The molecule has 0 bridgehead atoms. The van der Waals surface area contributed by atoms with Crippen LogP contribution in [-0.4, -0.2) is 55.6 Å². The van der Waals surface area contributed by atoms with Crippen LogP contribution in [0.3, 0.4) is 0 Å². The van der Waals surface area contributed by atoms with Crippen molar-refractivity contribution in [3.8, 4) is 0 Å². The van der Waals surface area contributed by atoms with Gasteiger partial charge in [0, 0.05) is 31.7 Å². The molecule has 3 aromatic carbocycles. The van der Waals surface area contributed by atoms with Crippen molar-refractivity contribution < 1.29 is 18.0 Å². The minimum Gasteiger partial charge on any atom is -0.345 e. The Bertz CT molecular complexity index is 1230. The van der Waals surface area contributed by atoms with E-state index in [9.17, 15) is 18.0 Å². The third-order valence-corrected chi connectivity index (χ3v) is 7.95. The smallest absolute Gasteiger partial charge is 0.251 e. The number of rotatable bonds is 8. The van der Waals surface area contributed by atoms with Crippen LogP contribution in [0.4, 0.5) is 0 Å². The Balaban J connectivity index is 1.38. The first-order chi connectivity index (χ1) is 16.9. The summed E-state index contributed by atoms with van der Waals surface area (Å²) in [5.41, 5.74) is 2.11. The number of benzene rings is 3. The van der Waals surface area contributed by atoms with E-state index < -0.39 is 16.1 Å². The highest BCUT2D eigenvalue weighted by molar-refractivity contribution is 7.88. The number of nitrogens with one attached hydrogen (secondary N) is 1. The van der Waals surface area contributed by atoms with Crippen molar-refractivity contribution in [2.24, 2.45) is 0 Å². The molecule has 1 saturated heterocycles. The molecule has 35 heavy (non-hydrogen) atoms. The Kier molecular flexibility index (Phi) is 7.94. The van der Waals surface area contributed by atoms with Crippen molar-refractivity contribution in [2.75, 3.05) is 26.2 Å². The highest BCUT2D eigenvalue weighted by Gasteiger charge is 2.30. The average Bonchev–Trinajstić information content (AvgIpc) is 2.89. The summed E-state index contributed by atoms with van der Waals surface area (Å²) in [7, 11) is -3.46. The summed E-state index contributed by atoms with van der Waals surface area (Å²) in [6.07, 6.45) is 0.0966. The van der Waals surface area contributed by atoms with Crippen molar-refractivity contribution in [3.05, 3.63) is 108 Å². The second-order valence-corrected chi connectivity index (χ2v) is 10.5. The SMILES string of the molecule is O=C(NC(CC(=O)N1CCN(S(=O)(=O)Cc2ccccc2)CC1)c1ccccc1)c1ccccc1. The molecule has 4 rings (SSSR count). The Morgan fingerprint density at radius 1 is 0.771 bits per heavy atom. The molecule has 0 aliphatic carbocycles. The lowest BCUT2D eigenvalue weighted by atomic mass is 10.0. The van der Waals surface area contributed by atoms with Gasteiger partial charge in [0.2, 0.25) is 15.9 Å². The highest BCUT2D eigenvalue weighted by atomic mass is 32.2. The molecule has 3 aromatic rings. The van der Waals surface area contributed by atoms with Gasteiger partial charge in [0.25, 0.3) is 5.91 Å². The van der Waals surface area contributed by atoms with Crippen LogP contribution >= 0.6 is 0 Å². The molecule has 1 unspecified atom stereocenters. The van der Waals surface area contributed by atoms with Crippen LogP contribution in [-0.2, 0) is 20.6 Å². The number of amides is 2. The van der Waals surface area contributed by atoms with Gasteiger partial charge in [-0.1, -0.05) is 78.9 Å². The molecule has 2 amide bonds. The second-order valence-electron chi connectivity index (χ2n) is 8.53. The lowest BCUT2D eigenvalue weighted by Gasteiger charge is -2.35. The van der Waals surface area contributed by atoms with Crippen LogP contribution in [0.5, 0.6) is 0 Å². The van der Waals surface area contributed by atoms with Crippen LogP contribution in [0.2, 0.25) is 0 Å². The maximum Gasteiger partial charge on any atom is 0.251 e. The fourth-order valence-corrected chi connectivity index (χ4v) is 5.68. The van der Waals surface area contributed by atoms with Gasteiger partial charge in [0.05, 0.1) is 18.2 Å². The van der Waals surface area contributed by atoms with Gasteiger partial charge < -0.3 is 10.2 Å². The highest BCUT2D eigenvalue weighted by Crippen LogP contribution is 2.20. The molecular formula is C27H29N3O4S. The van der Waals surface area contributed by atoms with E-state index in [0.29, 0.717) is 18.7 Å². The molecule has 0 spiro atoms. The second kappa shape index (κ2) is 11.3. The van der Waals surface area contributed by atoms with E-state index in [2.05, 4.69) is 5.32 Å². The summed E-state index contributed by atoms with van der Waals surface area (Å²) in [5.74, 6) is -0.417. The van der Waals surface area contributed by atoms with E-state index in [1.54, 1.807) is 41.3 Å². The number of nitrogens with zero attached hydrogens (tertiary/aromatic N) is 2. The normalized spacial score (nSPS) is 15.4. The zero-order valence-corrected chi connectivity index (χ0v) is 20.2. The zero-order chi connectivity index (χ0) is 24.7. The minimum atomic E-state index is -3.46. The minimum absolute atomic E-state index is 0.0522. The molecule has 1 aliphatic heterocycles. The molecule has 8 heteroatoms. The average molecular weight is 492 g/mol. The lowest BCUT2D eigenvalue weighted by Crippen LogP contribution is -2.51. The van der Waals surface area contributed by atoms with Crippen LogP contribution in [0.1, 0.15) is 33.9 Å². The van der Waals surface area contributed by atoms with E-state index >= 15 is 0 Å². The summed E-state index contributed by atoms with van der Waals surface area (Å²) in [5, 5.41) is 2.99. The van der Waals surface area contributed by atoms with E-state index in [1.165, 1.54) is 4.31 Å². The molecule has 0 aromatic heterocycles. The van der Waals surface area contributed by atoms with Crippen molar-refractivity contribution in [1.29, 1.82) is 0 Å². The monoisotopic (exact) mass is 491 g/mol. The number of piperazine rings is 1. The van der Waals surface area contributed by atoms with Gasteiger partial charge in [-0.25, -0.2) is 8.42 Å². The van der Waals surface area contributed by atoms with E-state index in [4.69, 9.17) is 0 Å². The van der Waals surface area contributed by atoms with Crippen LogP contribution in [0, 0.1) is 0 Å². The molecule has 0 saturated carbocycles. The lowest BCUT2D eigenvalue weighted by molar-refractivity contribution is -0.132. The van der Waals surface area contributed by atoms with Crippen molar-refractivity contribution in [1.82, 2.24) is 14.5 Å². The maximum absolute atomic E-state index is 13.2. The topological polar surface area (TPSA) is 86.8 Å². The zero-order valence-electron chi connectivity index (χ0n) is 19.4. The summed E-state index contributed by atoms with van der Waals surface area (Å²) in [4.78, 5) is 27.6. The first-order valence-corrected chi connectivity index (χ1v) is 13.2. The largest absolute Gasteiger partial charge is 0.345 e. The first kappa shape index (κ1) is 24.6. The molecule has 7 nitrogen and oxygen atoms in total. The van der Waals surface area contributed by atoms with Crippen molar-refractivity contribution >= 4 is 21.8 Å². The van der Waals surface area contributed by atoms with Gasteiger partial charge in [0.15, 0.2) is 0 Å². The number of carbonyl (C=O) groups excluding carboxylic acids is 2. The number of hydrogen-bond donors (Lipinski definition) is 1. The Hall–Kier alpha value is -3.49. The molecule has 182 valence electrons. The summed E-state index contributed by atoms with van der Waals surface area (Å²) in [6, 6.07) is 26.9. The van der Waals surface area contributed by atoms with Gasteiger partial charge in [-0.3, -0.25) is 9.59 Å². The van der Waals surface area contributed by atoms with E-state index in [1.807, 2.05) is 54.6 Å². The third kappa shape index (κ3) is 6.55. The van der Waals surface area contributed by atoms with Crippen LogP contribution in [0.25, 0.3) is 0 Å². The predicted molar refractivity (Wildman–Crippen MR) is 135 cm³/mol. The molecule has 1 aliphatic rings. The summed E-state index contributed by atoms with van der Waals surface area (Å²) in [6.45, 7) is 1.16. The van der Waals surface area contributed by atoms with Gasteiger partial charge in [-0.15, -0.1) is 0 Å². The van der Waals surface area contributed by atoms with Crippen LogP contribution < -0.4 is 5.32 Å². The number of carbonyl (C=O) groups is 2. The summed E-state index contributed by atoms with van der Waals surface area (Å²) < 4.78 is 27.1. The molecule has 1 N–H and O–H groups in total. The van der Waals surface area contributed by atoms with Gasteiger partial charge in [0.1, 0.15) is 0 Å². The quantitative estimate of drug-likeness (QED) is 0.524. The predicted octanol–water partition coefficient (Wildman–Crippen LogP) is 3.22. The first-order valence-electron chi connectivity index (χ1n) is 11.6. The molecule has 1 heterocycles. The van der Waals surface area contributed by atoms with Crippen LogP contribution in [0.15, 0.2) is 91.0 Å². The molecule has 1 atom stereocenters. The number of sulfonamides is 1. The van der Waals surface area contributed by atoms with Gasteiger partial charge in [-0.2, -0.15) is 4.31 Å². The molecular weight excluding hydrogens is 462 g/mol. The van der Waals surface area contributed by atoms with E-state index in [-0.39, 0.29) is 37.1 Å². The number of hydrogen-bond acceptors (Lipinski definition) is 4. The Morgan fingerprint density at radius 3 is 1.91 bits per heavy atom. The summed E-state index contributed by atoms with van der Waals surface area (Å²) >= 11 is 0. The van der Waals surface area contributed by atoms with Gasteiger partial charge >= 0.3 is 0 Å². The van der Waals surface area contributed by atoms with Gasteiger partial charge in [-0.05, 0) is 23.3 Å². The van der Waals surface area contributed by atoms with E-state index in [0.717, 1.165) is 11.1 Å². The van der Waals surface area contributed by atoms with Crippen molar-refractivity contribution in [3.63, 3.8) is 0 Å². The fraction of sp³-hybridized carbons (Fsp3) is 0.259.